The minimum absolute atomic E-state index is 0.0606. The summed E-state index contributed by atoms with van der Waals surface area (Å²) >= 11 is 1.98. The molecule has 4 nitrogen and oxygen atoms in total. The van der Waals surface area contributed by atoms with Gasteiger partial charge in [-0.25, -0.2) is 0 Å². The van der Waals surface area contributed by atoms with Crippen LogP contribution in [0.2, 0.25) is 0 Å². The lowest BCUT2D eigenvalue weighted by atomic mass is 9.95. The average Bonchev–Trinajstić information content (AvgIpc) is 3.07. The van der Waals surface area contributed by atoms with Gasteiger partial charge in [-0.3, -0.25) is 9.59 Å². The Morgan fingerprint density at radius 2 is 2.00 bits per heavy atom. The van der Waals surface area contributed by atoms with Gasteiger partial charge in [0.05, 0.1) is 0 Å². The monoisotopic (exact) mass is 310 g/mol. The minimum Gasteiger partial charge on any atom is -0.342 e. The van der Waals surface area contributed by atoms with Gasteiger partial charge in [-0.05, 0) is 31.4 Å². The van der Waals surface area contributed by atoms with Crippen molar-refractivity contribution in [3.8, 4) is 0 Å². The zero-order valence-electron chi connectivity index (χ0n) is 12.9. The van der Waals surface area contributed by atoms with Crippen molar-refractivity contribution < 1.29 is 9.59 Å². The summed E-state index contributed by atoms with van der Waals surface area (Å²) < 4.78 is 0. The van der Waals surface area contributed by atoms with Crippen LogP contribution in [0.25, 0.3) is 0 Å². The van der Waals surface area contributed by atoms with Crippen LogP contribution in [0.15, 0.2) is 0 Å². The van der Waals surface area contributed by atoms with Crippen molar-refractivity contribution in [1.82, 2.24) is 10.2 Å². The molecule has 2 atom stereocenters. The Hall–Kier alpha value is -0.710. The Labute approximate surface area is 131 Å². The largest absolute Gasteiger partial charge is 0.342 e. The molecule has 0 aromatic heterocycles. The molecule has 21 heavy (non-hydrogen) atoms. The molecule has 3 aliphatic rings. The summed E-state index contributed by atoms with van der Waals surface area (Å²) in [4.78, 5) is 27.3. The molecule has 1 heterocycles. The molecular formula is C16H26N2O2S. The van der Waals surface area contributed by atoms with E-state index in [9.17, 15) is 9.59 Å². The summed E-state index contributed by atoms with van der Waals surface area (Å²) in [6, 6.07) is 0.340. The summed E-state index contributed by atoms with van der Waals surface area (Å²) in [5.74, 6) is 1.37. The molecule has 2 unspecified atom stereocenters. The second-order valence-corrected chi connectivity index (χ2v) is 8.09. The van der Waals surface area contributed by atoms with Gasteiger partial charge in [0.25, 0.3) is 0 Å². The maximum absolute atomic E-state index is 13.2. The molecule has 5 heteroatoms. The highest BCUT2D eigenvalue weighted by Crippen LogP contribution is 2.38. The number of rotatable bonds is 3. The fourth-order valence-corrected chi connectivity index (χ4v) is 5.55. The first-order valence-electron chi connectivity index (χ1n) is 8.40. The Bertz CT molecular complexity index is 421. The van der Waals surface area contributed by atoms with Gasteiger partial charge in [-0.2, -0.15) is 11.8 Å². The van der Waals surface area contributed by atoms with Gasteiger partial charge in [0.2, 0.25) is 11.8 Å². The van der Waals surface area contributed by atoms with Gasteiger partial charge in [0.15, 0.2) is 0 Å². The predicted octanol–water partition coefficient (Wildman–Crippen LogP) is 2.32. The molecule has 0 aromatic carbocycles. The summed E-state index contributed by atoms with van der Waals surface area (Å²) in [6.07, 6.45) is 7.75. The fraction of sp³-hybridized carbons (Fsp3) is 0.875. The highest BCUT2D eigenvalue weighted by Gasteiger charge is 2.49. The predicted molar refractivity (Wildman–Crippen MR) is 85.2 cm³/mol. The Morgan fingerprint density at radius 3 is 2.71 bits per heavy atom. The van der Waals surface area contributed by atoms with Crippen molar-refractivity contribution in [2.45, 2.75) is 75.1 Å². The fourth-order valence-electron chi connectivity index (χ4n) is 4.29. The van der Waals surface area contributed by atoms with E-state index in [2.05, 4.69) is 17.1 Å². The topological polar surface area (TPSA) is 49.4 Å². The molecule has 118 valence electrons. The van der Waals surface area contributed by atoms with Crippen LogP contribution in [0.1, 0.15) is 58.3 Å². The third-order valence-electron chi connectivity index (χ3n) is 5.28. The second-order valence-electron chi connectivity index (χ2n) is 6.58. The maximum atomic E-state index is 13.2. The molecule has 1 saturated heterocycles. The molecule has 1 N–H and O–H groups in total. The van der Waals surface area contributed by atoms with Gasteiger partial charge < -0.3 is 10.2 Å². The molecule has 0 radical (unpaired) electrons. The molecule has 1 spiro atoms. The smallest absolute Gasteiger partial charge is 0.248 e. The number of hydrogen-bond donors (Lipinski definition) is 1. The average molecular weight is 310 g/mol. The van der Waals surface area contributed by atoms with Crippen molar-refractivity contribution in [1.29, 1.82) is 0 Å². The van der Waals surface area contributed by atoms with Crippen molar-refractivity contribution in [2.75, 3.05) is 12.3 Å². The third kappa shape index (κ3) is 2.81. The summed E-state index contributed by atoms with van der Waals surface area (Å²) in [7, 11) is 0. The molecule has 3 fully saturated rings. The number of carbonyl (C=O) groups excluding carboxylic acids is 2. The van der Waals surface area contributed by atoms with E-state index in [4.69, 9.17) is 0 Å². The highest BCUT2D eigenvalue weighted by atomic mass is 32.2. The van der Waals surface area contributed by atoms with E-state index in [1.54, 1.807) is 0 Å². The van der Waals surface area contributed by atoms with Gasteiger partial charge in [-0.15, -0.1) is 0 Å². The van der Waals surface area contributed by atoms with E-state index in [0.717, 1.165) is 37.9 Å². The lowest BCUT2D eigenvalue weighted by Gasteiger charge is -2.37. The van der Waals surface area contributed by atoms with Crippen LogP contribution in [-0.4, -0.2) is 45.8 Å². The van der Waals surface area contributed by atoms with E-state index in [-0.39, 0.29) is 11.8 Å². The lowest BCUT2D eigenvalue weighted by Crippen LogP contribution is -2.58. The Morgan fingerprint density at radius 1 is 1.24 bits per heavy atom. The zero-order valence-corrected chi connectivity index (χ0v) is 13.7. The normalized spacial score (nSPS) is 32.5. The highest BCUT2D eigenvalue weighted by molar-refractivity contribution is 7.99. The van der Waals surface area contributed by atoms with Crippen molar-refractivity contribution >= 4 is 23.6 Å². The van der Waals surface area contributed by atoms with E-state index < -0.39 is 5.54 Å². The summed E-state index contributed by atoms with van der Waals surface area (Å²) in [5, 5.41) is 3.63. The molecule has 0 bridgehead atoms. The lowest BCUT2D eigenvalue weighted by molar-refractivity contribution is -0.140. The van der Waals surface area contributed by atoms with Gasteiger partial charge in [0.1, 0.15) is 5.54 Å². The summed E-state index contributed by atoms with van der Waals surface area (Å²) in [6.45, 7) is 2.80. The van der Waals surface area contributed by atoms with Gasteiger partial charge in [0, 0.05) is 24.3 Å². The molecule has 2 aliphatic carbocycles. The SMILES string of the molecule is CCSC1CCCC1N1CCC(=O)NC2(CCCC2)C1=O. The first-order valence-corrected chi connectivity index (χ1v) is 9.45. The number of thioether (sulfide) groups is 1. The molecule has 0 aromatic rings. The van der Waals surface area contributed by atoms with Gasteiger partial charge >= 0.3 is 0 Å². The van der Waals surface area contributed by atoms with Crippen molar-refractivity contribution in [3.63, 3.8) is 0 Å². The van der Waals surface area contributed by atoms with Gasteiger partial charge in [-0.1, -0.05) is 26.2 Å². The molecule has 2 saturated carbocycles. The van der Waals surface area contributed by atoms with Crippen LogP contribution in [0.3, 0.4) is 0 Å². The van der Waals surface area contributed by atoms with Crippen LogP contribution < -0.4 is 5.32 Å². The van der Waals surface area contributed by atoms with Crippen LogP contribution in [-0.2, 0) is 9.59 Å². The molecule has 3 rings (SSSR count). The number of nitrogens with zero attached hydrogens (tertiary/aromatic N) is 1. The van der Waals surface area contributed by atoms with Crippen LogP contribution in [0.4, 0.5) is 0 Å². The number of hydrogen-bond acceptors (Lipinski definition) is 3. The van der Waals surface area contributed by atoms with Crippen molar-refractivity contribution in [2.24, 2.45) is 0 Å². The first kappa shape index (κ1) is 15.2. The van der Waals surface area contributed by atoms with Crippen LogP contribution in [0, 0.1) is 0 Å². The maximum Gasteiger partial charge on any atom is 0.248 e. The number of amides is 2. The molecular weight excluding hydrogens is 284 g/mol. The second kappa shape index (κ2) is 6.19. The van der Waals surface area contributed by atoms with E-state index in [1.165, 1.54) is 12.8 Å². The van der Waals surface area contributed by atoms with Crippen LogP contribution >= 0.6 is 11.8 Å². The molecule has 2 amide bonds. The van der Waals surface area contributed by atoms with E-state index in [0.29, 0.717) is 24.3 Å². The quantitative estimate of drug-likeness (QED) is 0.870. The van der Waals surface area contributed by atoms with E-state index >= 15 is 0 Å². The standard InChI is InChI=1S/C16H26N2O2S/c1-2-21-13-7-5-6-12(13)18-11-8-14(19)17-16(15(18)20)9-3-4-10-16/h12-13H,2-11H2,1H3,(H,17,19). The number of carbonyl (C=O) groups is 2. The summed E-state index contributed by atoms with van der Waals surface area (Å²) in [5.41, 5.74) is -0.572. The Balaban J connectivity index is 1.83. The van der Waals surface area contributed by atoms with Crippen LogP contribution in [0.5, 0.6) is 0 Å². The Kier molecular flexibility index (Phi) is 4.48. The minimum atomic E-state index is -0.572. The third-order valence-corrected chi connectivity index (χ3v) is 6.60. The zero-order chi connectivity index (χ0) is 14.9. The van der Waals surface area contributed by atoms with Crippen molar-refractivity contribution in [3.05, 3.63) is 0 Å². The number of nitrogens with one attached hydrogen (secondary N) is 1. The van der Waals surface area contributed by atoms with E-state index in [1.807, 2.05) is 11.8 Å². The first-order chi connectivity index (χ1) is 10.2. The molecule has 1 aliphatic heterocycles.